The summed E-state index contributed by atoms with van der Waals surface area (Å²) in [6.07, 6.45) is 8.37. The quantitative estimate of drug-likeness (QED) is 0.159. The maximum absolute atomic E-state index is 13.4. The molecule has 0 aromatic heterocycles. The molecule has 9 heteroatoms. The van der Waals surface area contributed by atoms with Gasteiger partial charge in [-0.05, 0) is 98.2 Å². The normalized spacial score (nSPS) is 29.3. The Balaban J connectivity index is 1.22. The number of anilines is 1. The van der Waals surface area contributed by atoms with Gasteiger partial charge in [-0.25, -0.2) is 0 Å². The Kier molecular flexibility index (Phi) is 6.55. The highest BCUT2D eigenvalue weighted by molar-refractivity contribution is 8.27. The molecule has 4 aliphatic carbocycles. The Morgan fingerprint density at radius 3 is 2.35 bits per heavy atom. The first-order valence-electron chi connectivity index (χ1n) is 12.4. The summed E-state index contributed by atoms with van der Waals surface area (Å²) in [5.74, 6) is 2.43. The second-order valence-corrected chi connectivity index (χ2v) is 13.1. The van der Waals surface area contributed by atoms with Crippen LogP contribution in [-0.4, -0.2) is 23.3 Å². The largest absolute Gasteiger partial charge is 0.493 e. The van der Waals surface area contributed by atoms with Crippen molar-refractivity contribution in [3.8, 4) is 11.5 Å². The van der Waals surface area contributed by atoms with Crippen LogP contribution in [-0.2, 0) is 9.59 Å². The molecule has 4 bridgehead atoms. The number of hydrogen-bond donors (Lipinski definition) is 0. The van der Waals surface area contributed by atoms with E-state index in [9.17, 15) is 9.59 Å². The highest BCUT2D eigenvalue weighted by Gasteiger charge is 2.55. The summed E-state index contributed by atoms with van der Waals surface area (Å²) in [4.78, 5) is 28.5. The van der Waals surface area contributed by atoms with Crippen LogP contribution < -0.4 is 14.4 Å². The number of rotatable bonds is 5. The lowest BCUT2D eigenvalue weighted by Crippen LogP contribution is -2.51. The number of esters is 1. The smallest absolute Gasteiger partial charge is 0.317 e. The molecule has 2 aromatic rings. The molecule has 0 unspecified atom stereocenters. The summed E-state index contributed by atoms with van der Waals surface area (Å²) >= 11 is 19.0. The van der Waals surface area contributed by atoms with Crippen molar-refractivity contribution in [2.75, 3.05) is 12.0 Å². The molecule has 5 aliphatic rings. The highest BCUT2D eigenvalue weighted by atomic mass is 35.5. The van der Waals surface area contributed by atoms with Crippen LogP contribution in [0.1, 0.15) is 44.1 Å². The standard InChI is InChI=1S/C28H25Cl2NO4S2/c1-34-23-9-15(10-24-25(32)31(27(36)37-24)21-4-3-19(29)11-20(21)30)2-5-22(23)35-26(33)28-12-16-6-17(13-28)8-18(7-16)14-28/h2-5,9-11,16-18H,6-8,12-14H2,1H3/b24-10+. The molecule has 5 fully saturated rings. The fourth-order valence-corrected chi connectivity index (χ4v) is 8.69. The lowest BCUT2D eigenvalue weighted by molar-refractivity contribution is -0.161. The molecule has 1 amide bonds. The Morgan fingerprint density at radius 1 is 1.05 bits per heavy atom. The van der Waals surface area contributed by atoms with Gasteiger partial charge in [0.05, 0.1) is 28.1 Å². The minimum Gasteiger partial charge on any atom is -0.493 e. The fourth-order valence-electron chi connectivity index (χ4n) is 6.92. The molecule has 0 spiro atoms. The van der Waals surface area contributed by atoms with E-state index in [1.165, 1.54) is 35.9 Å². The van der Waals surface area contributed by atoms with Gasteiger partial charge in [0.2, 0.25) is 0 Å². The molecule has 192 valence electrons. The summed E-state index contributed by atoms with van der Waals surface area (Å²) < 4.78 is 11.9. The average Bonchev–Trinajstić information content (AvgIpc) is 3.11. The summed E-state index contributed by atoms with van der Waals surface area (Å²) in [6.45, 7) is 0. The zero-order valence-electron chi connectivity index (χ0n) is 20.2. The number of benzene rings is 2. The van der Waals surface area contributed by atoms with Crippen molar-refractivity contribution in [3.63, 3.8) is 0 Å². The van der Waals surface area contributed by atoms with Gasteiger partial charge < -0.3 is 9.47 Å². The van der Waals surface area contributed by atoms with Gasteiger partial charge in [0.1, 0.15) is 0 Å². The summed E-state index contributed by atoms with van der Waals surface area (Å²) in [5, 5.41) is 0.822. The number of methoxy groups -OCH3 is 1. The van der Waals surface area contributed by atoms with Gasteiger partial charge in [-0.15, -0.1) is 0 Å². The third-order valence-electron chi connectivity index (χ3n) is 8.10. The molecule has 1 heterocycles. The lowest BCUT2D eigenvalue weighted by Gasteiger charge is -2.55. The van der Waals surface area contributed by atoms with E-state index >= 15 is 0 Å². The second-order valence-electron chi connectivity index (χ2n) is 10.6. The molecule has 0 radical (unpaired) electrons. The van der Waals surface area contributed by atoms with Gasteiger partial charge in [0.25, 0.3) is 5.91 Å². The van der Waals surface area contributed by atoms with Gasteiger partial charge in [0.15, 0.2) is 15.8 Å². The number of nitrogens with zero attached hydrogens (tertiary/aromatic N) is 1. The Hall–Kier alpha value is -2.06. The maximum Gasteiger partial charge on any atom is 0.317 e. The number of halogens is 2. The van der Waals surface area contributed by atoms with E-state index in [2.05, 4.69) is 0 Å². The van der Waals surface area contributed by atoms with Crippen LogP contribution in [0.15, 0.2) is 41.3 Å². The van der Waals surface area contributed by atoms with E-state index in [0.717, 1.165) is 24.8 Å². The molecule has 1 aliphatic heterocycles. The molecule has 4 saturated carbocycles. The third kappa shape index (κ3) is 4.58. The van der Waals surface area contributed by atoms with E-state index in [1.807, 2.05) is 6.07 Å². The first-order chi connectivity index (χ1) is 17.7. The zero-order chi connectivity index (χ0) is 25.9. The number of amides is 1. The Morgan fingerprint density at radius 2 is 1.73 bits per heavy atom. The van der Waals surface area contributed by atoms with Crippen LogP contribution in [0.25, 0.3) is 6.08 Å². The van der Waals surface area contributed by atoms with Crippen LogP contribution in [0.5, 0.6) is 11.5 Å². The molecule has 1 saturated heterocycles. The van der Waals surface area contributed by atoms with Crippen molar-refractivity contribution < 1.29 is 19.1 Å². The number of carbonyl (C=O) groups is 2. The van der Waals surface area contributed by atoms with Crippen LogP contribution in [0, 0.1) is 23.2 Å². The number of hydrogen-bond acceptors (Lipinski definition) is 6. The van der Waals surface area contributed by atoms with Gasteiger partial charge in [0, 0.05) is 5.02 Å². The molecular weight excluding hydrogens is 549 g/mol. The van der Waals surface area contributed by atoms with Crippen molar-refractivity contribution in [1.82, 2.24) is 0 Å². The van der Waals surface area contributed by atoms with E-state index in [1.54, 1.807) is 43.5 Å². The minimum absolute atomic E-state index is 0.127. The first kappa shape index (κ1) is 25.2. The van der Waals surface area contributed by atoms with Crippen molar-refractivity contribution in [1.29, 1.82) is 0 Å². The monoisotopic (exact) mass is 573 g/mol. The maximum atomic E-state index is 13.4. The van der Waals surface area contributed by atoms with Crippen LogP contribution in [0.3, 0.4) is 0 Å². The van der Waals surface area contributed by atoms with Crippen LogP contribution in [0.2, 0.25) is 10.0 Å². The number of thioether (sulfide) groups is 1. The third-order valence-corrected chi connectivity index (χ3v) is 9.94. The van der Waals surface area contributed by atoms with E-state index in [4.69, 9.17) is 44.9 Å². The van der Waals surface area contributed by atoms with Crippen LogP contribution >= 0.6 is 47.2 Å². The number of carbonyl (C=O) groups excluding carboxylic acids is 2. The molecular formula is C28H25Cl2NO4S2. The van der Waals surface area contributed by atoms with Crippen molar-refractivity contribution >= 4 is 75.1 Å². The van der Waals surface area contributed by atoms with Crippen LogP contribution in [0.4, 0.5) is 5.69 Å². The van der Waals surface area contributed by atoms with Gasteiger partial charge >= 0.3 is 5.97 Å². The molecule has 37 heavy (non-hydrogen) atoms. The Labute approximate surface area is 235 Å². The van der Waals surface area contributed by atoms with E-state index < -0.39 is 0 Å². The predicted octanol–water partition coefficient (Wildman–Crippen LogP) is 7.53. The molecule has 0 N–H and O–H groups in total. The van der Waals surface area contributed by atoms with Crippen molar-refractivity contribution in [3.05, 3.63) is 56.9 Å². The molecule has 0 atom stereocenters. The fraction of sp³-hybridized carbons (Fsp3) is 0.393. The van der Waals surface area contributed by atoms with Gasteiger partial charge in [-0.3, -0.25) is 14.5 Å². The number of thiocarbonyl (C=S) groups is 1. The highest BCUT2D eigenvalue weighted by Crippen LogP contribution is 2.60. The van der Waals surface area contributed by atoms with Gasteiger partial charge in [-0.2, -0.15) is 0 Å². The minimum atomic E-state index is -0.352. The summed E-state index contributed by atoms with van der Waals surface area (Å²) in [7, 11) is 1.54. The summed E-state index contributed by atoms with van der Waals surface area (Å²) in [5.41, 5.74) is 0.866. The average molecular weight is 575 g/mol. The molecule has 5 nitrogen and oxygen atoms in total. The Bertz CT molecular complexity index is 1320. The van der Waals surface area contributed by atoms with Gasteiger partial charge in [-0.1, -0.05) is 53.2 Å². The van der Waals surface area contributed by atoms with Crippen molar-refractivity contribution in [2.45, 2.75) is 38.5 Å². The first-order valence-corrected chi connectivity index (χ1v) is 14.4. The zero-order valence-corrected chi connectivity index (χ0v) is 23.3. The topological polar surface area (TPSA) is 55.8 Å². The van der Waals surface area contributed by atoms with E-state index in [-0.39, 0.29) is 17.3 Å². The predicted molar refractivity (Wildman–Crippen MR) is 151 cm³/mol. The summed E-state index contributed by atoms with van der Waals surface area (Å²) in [6, 6.07) is 10.2. The SMILES string of the molecule is COc1cc(/C=C2/SC(=S)N(c3ccc(Cl)cc3Cl)C2=O)ccc1OC(=O)C12CC3CC(CC(C3)C1)C2. The van der Waals surface area contributed by atoms with Crippen molar-refractivity contribution in [2.24, 2.45) is 23.2 Å². The van der Waals surface area contributed by atoms with E-state index in [0.29, 0.717) is 54.2 Å². The number of ether oxygens (including phenoxy) is 2. The second kappa shape index (κ2) is 9.60. The molecule has 7 rings (SSSR count). The molecule has 2 aromatic carbocycles. The lowest BCUT2D eigenvalue weighted by atomic mass is 9.49.